The number of halogens is 1. The van der Waals surface area contributed by atoms with Crippen molar-refractivity contribution < 1.29 is 23.1 Å². The van der Waals surface area contributed by atoms with Gasteiger partial charge in [-0.3, -0.25) is 9.54 Å². The van der Waals surface area contributed by atoms with Crippen molar-refractivity contribution in [2.45, 2.75) is 0 Å². The minimum absolute atomic E-state index is 0.196. The molecule has 2 aromatic carbocycles. The lowest BCUT2D eigenvalue weighted by atomic mass is 10.1. The summed E-state index contributed by atoms with van der Waals surface area (Å²) >= 11 is -2.63. The average Bonchev–Trinajstić information content (AvgIpc) is 2.55. The van der Waals surface area contributed by atoms with E-state index in [2.05, 4.69) is 4.98 Å². The van der Waals surface area contributed by atoms with Gasteiger partial charge in [-0.2, -0.15) is 0 Å². The molecule has 0 spiro atoms. The molecule has 3 rings (SSSR count). The first kappa shape index (κ1) is 16.0. The number of carboxylic acid groups (broad SMARTS) is 1. The zero-order chi connectivity index (χ0) is 17.3. The quantitative estimate of drug-likeness (QED) is 0.707. The topological polar surface area (TPSA) is 90.7 Å². The van der Waals surface area contributed by atoms with Gasteiger partial charge in [0.1, 0.15) is 5.82 Å². The maximum absolute atomic E-state index is 13.6. The molecule has 0 amide bonds. The number of nitrogens with zero attached hydrogens (tertiary/aromatic N) is 2. The molecule has 8 heteroatoms. The van der Waals surface area contributed by atoms with Crippen LogP contribution in [0.25, 0.3) is 10.9 Å². The van der Waals surface area contributed by atoms with E-state index in [9.17, 15) is 23.1 Å². The van der Waals surface area contributed by atoms with Crippen LogP contribution in [-0.2, 0) is 11.3 Å². The van der Waals surface area contributed by atoms with Crippen molar-refractivity contribution >= 4 is 39.5 Å². The smallest absolute Gasteiger partial charge is 0.337 e. The van der Waals surface area contributed by atoms with Crippen LogP contribution in [0.15, 0.2) is 54.7 Å². The third kappa shape index (κ3) is 2.84. The Kier molecular flexibility index (Phi) is 4.24. The van der Waals surface area contributed by atoms with Gasteiger partial charge in [-0.15, -0.1) is 0 Å². The van der Waals surface area contributed by atoms with Gasteiger partial charge in [0.15, 0.2) is 0 Å². The van der Waals surface area contributed by atoms with Gasteiger partial charge in [0, 0.05) is 11.6 Å². The van der Waals surface area contributed by atoms with E-state index in [1.807, 2.05) is 0 Å². The maximum Gasteiger partial charge on any atom is 0.337 e. The fourth-order valence-corrected chi connectivity index (χ4v) is 3.04. The molecule has 122 valence electrons. The van der Waals surface area contributed by atoms with Gasteiger partial charge >= 0.3 is 5.97 Å². The molecule has 0 aliphatic carbocycles. The van der Waals surface area contributed by atoms with E-state index in [0.717, 1.165) is 22.5 Å². The van der Waals surface area contributed by atoms with Crippen LogP contribution in [0.5, 0.6) is 0 Å². The summed E-state index contributed by atoms with van der Waals surface area (Å²) in [7, 11) is 0. The highest BCUT2D eigenvalue weighted by molar-refractivity contribution is 7.81. The predicted molar refractivity (Wildman–Crippen MR) is 88.0 cm³/mol. The lowest BCUT2D eigenvalue weighted by Gasteiger charge is -2.22. The Morgan fingerprint density at radius 2 is 1.88 bits per heavy atom. The number of aromatic nitrogens is 1. The highest BCUT2D eigenvalue weighted by Gasteiger charge is 2.24. The molecule has 1 heterocycles. The molecule has 3 aromatic rings. The number of fused-ring (bicyclic) bond motifs is 1. The van der Waals surface area contributed by atoms with E-state index in [-0.39, 0.29) is 16.9 Å². The van der Waals surface area contributed by atoms with Crippen LogP contribution >= 0.6 is 0 Å². The van der Waals surface area contributed by atoms with E-state index in [1.54, 1.807) is 24.3 Å². The summed E-state index contributed by atoms with van der Waals surface area (Å²) in [4.78, 5) is 15.6. The summed E-state index contributed by atoms with van der Waals surface area (Å²) < 4.78 is 36.1. The first-order chi connectivity index (χ1) is 11.5. The van der Waals surface area contributed by atoms with Crippen LogP contribution in [0, 0.1) is 5.82 Å². The van der Waals surface area contributed by atoms with Gasteiger partial charge in [0.05, 0.1) is 22.5 Å². The van der Waals surface area contributed by atoms with Crippen molar-refractivity contribution in [2.75, 3.05) is 4.31 Å². The molecule has 0 aliphatic rings. The normalized spacial score (nSPS) is 12.1. The Morgan fingerprint density at radius 1 is 1.12 bits per heavy atom. The van der Waals surface area contributed by atoms with Gasteiger partial charge < -0.3 is 5.11 Å². The SMILES string of the molecule is O=C(O)c1ccc(F)cc1N(c1cccc2cccnc12)S(=O)O. The fraction of sp³-hybridized carbons (Fsp3) is 0. The van der Waals surface area contributed by atoms with E-state index < -0.39 is 23.1 Å². The highest BCUT2D eigenvalue weighted by Crippen LogP contribution is 2.34. The number of carbonyl (C=O) groups is 1. The van der Waals surface area contributed by atoms with Gasteiger partial charge in [0.25, 0.3) is 11.3 Å². The number of para-hydroxylation sites is 1. The minimum Gasteiger partial charge on any atom is -0.478 e. The predicted octanol–water partition coefficient (Wildman–Crippen LogP) is 3.35. The first-order valence-electron chi connectivity index (χ1n) is 6.76. The summed E-state index contributed by atoms with van der Waals surface area (Å²) in [5, 5.41) is 10.00. The molecule has 0 radical (unpaired) electrons. The summed E-state index contributed by atoms with van der Waals surface area (Å²) in [6, 6.07) is 11.3. The second-order valence-corrected chi connectivity index (χ2v) is 5.67. The van der Waals surface area contributed by atoms with Crippen molar-refractivity contribution in [1.82, 2.24) is 4.98 Å². The van der Waals surface area contributed by atoms with E-state index in [1.165, 1.54) is 12.3 Å². The molecule has 0 bridgehead atoms. The van der Waals surface area contributed by atoms with Crippen molar-refractivity contribution in [3.8, 4) is 0 Å². The molecule has 0 aliphatic heterocycles. The van der Waals surface area contributed by atoms with Crippen LogP contribution in [0.1, 0.15) is 10.4 Å². The van der Waals surface area contributed by atoms with Crippen molar-refractivity contribution in [2.24, 2.45) is 0 Å². The molecule has 1 unspecified atom stereocenters. The van der Waals surface area contributed by atoms with Crippen LogP contribution in [0.3, 0.4) is 0 Å². The van der Waals surface area contributed by atoms with E-state index in [0.29, 0.717) is 10.9 Å². The first-order valence-corrected chi connectivity index (χ1v) is 7.83. The van der Waals surface area contributed by atoms with Crippen LogP contribution in [-0.4, -0.2) is 24.8 Å². The molecule has 2 N–H and O–H groups in total. The van der Waals surface area contributed by atoms with Gasteiger partial charge in [-0.1, -0.05) is 18.2 Å². The Hall–Kier alpha value is -2.84. The Morgan fingerprint density at radius 3 is 2.58 bits per heavy atom. The third-order valence-corrected chi connectivity index (χ3v) is 4.10. The molecule has 0 fully saturated rings. The molecule has 0 saturated carbocycles. The minimum atomic E-state index is -2.63. The molecule has 0 saturated heterocycles. The van der Waals surface area contributed by atoms with Crippen molar-refractivity contribution in [3.63, 3.8) is 0 Å². The molecular weight excluding hydrogens is 335 g/mol. The Labute approximate surface area is 138 Å². The molecule has 1 aromatic heterocycles. The van der Waals surface area contributed by atoms with Gasteiger partial charge in [-0.05, 0) is 30.3 Å². The molecule has 1 atom stereocenters. The lowest BCUT2D eigenvalue weighted by Crippen LogP contribution is -2.22. The second-order valence-electron chi connectivity index (χ2n) is 4.84. The second kappa shape index (κ2) is 6.34. The van der Waals surface area contributed by atoms with Crippen LogP contribution in [0.4, 0.5) is 15.8 Å². The Bertz CT molecular complexity index is 958. The van der Waals surface area contributed by atoms with Crippen molar-refractivity contribution in [3.05, 3.63) is 66.1 Å². The summed E-state index contributed by atoms with van der Waals surface area (Å²) in [5.74, 6) is -2.06. The molecule has 6 nitrogen and oxygen atoms in total. The number of carboxylic acids is 1. The number of hydrogen-bond acceptors (Lipinski definition) is 3. The maximum atomic E-state index is 13.6. The largest absolute Gasteiger partial charge is 0.478 e. The number of hydrogen-bond donors (Lipinski definition) is 2. The zero-order valence-electron chi connectivity index (χ0n) is 12.1. The fourth-order valence-electron chi connectivity index (χ4n) is 2.40. The van der Waals surface area contributed by atoms with Crippen LogP contribution in [0.2, 0.25) is 0 Å². The number of pyridine rings is 1. The lowest BCUT2D eigenvalue weighted by molar-refractivity contribution is 0.0698. The highest BCUT2D eigenvalue weighted by atomic mass is 32.2. The standard InChI is InChI=1S/C16H11FN2O4S/c17-11-6-7-12(16(20)21)14(9-11)19(24(22)23)13-5-1-3-10-4-2-8-18-15(10)13/h1-9H,(H,20,21)(H,22,23). The van der Waals surface area contributed by atoms with Crippen molar-refractivity contribution in [1.29, 1.82) is 0 Å². The van der Waals surface area contributed by atoms with Crippen LogP contribution < -0.4 is 4.31 Å². The Balaban J connectivity index is 2.31. The third-order valence-electron chi connectivity index (χ3n) is 3.40. The average molecular weight is 346 g/mol. The van der Waals surface area contributed by atoms with E-state index in [4.69, 9.17) is 0 Å². The summed E-state index contributed by atoms with van der Waals surface area (Å²) in [6.07, 6.45) is 1.51. The number of aromatic carboxylic acids is 1. The monoisotopic (exact) mass is 346 g/mol. The number of rotatable bonds is 4. The van der Waals surface area contributed by atoms with Gasteiger partial charge in [0.2, 0.25) is 0 Å². The number of benzene rings is 2. The number of anilines is 2. The van der Waals surface area contributed by atoms with E-state index >= 15 is 0 Å². The summed E-state index contributed by atoms with van der Waals surface area (Å²) in [6.45, 7) is 0. The molecular formula is C16H11FN2O4S. The summed E-state index contributed by atoms with van der Waals surface area (Å²) in [5.41, 5.74) is 0.0539. The van der Waals surface area contributed by atoms with Gasteiger partial charge in [-0.25, -0.2) is 17.7 Å². The molecule has 24 heavy (non-hydrogen) atoms. The zero-order valence-corrected chi connectivity index (χ0v) is 12.9.